The summed E-state index contributed by atoms with van der Waals surface area (Å²) in [6.07, 6.45) is 0.284. The standard InChI is InChI=1S/C18H26N4O3.2ClH/c23-15-12-16(20-13-15)18(25)19-7-6-17(24)22-10-8-21(9-11-22)14-4-2-1-3-5-14;;/h1-5,15-16,20,23H,6-13H2,(H,19,25);2*1H. The summed E-state index contributed by atoms with van der Waals surface area (Å²) in [6, 6.07) is 9.86. The SMILES string of the molecule is Cl.Cl.O=C(NCCC(=O)N1CCN(c2ccccc2)CC1)C1CC(O)CN1. The molecule has 9 heteroatoms. The van der Waals surface area contributed by atoms with E-state index in [1.54, 1.807) is 0 Å². The molecule has 2 fully saturated rings. The van der Waals surface area contributed by atoms with E-state index in [-0.39, 0.29) is 42.7 Å². The number of piperazine rings is 1. The van der Waals surface area contributed by atoms with E-state index in [0.29, 0.717) is 39.0 Å². The number of anilines is 1. The third-order valence-electron chi connectivity index (χ3n) is 4.82. The second kappa shape index (κ2) is 11.3. The molecular formula is C18H28Cl2N4O3. The lowest BCUT2D eigenvalue weighted by Gasteiger charge is -2.36. The highest BCUT2D eigenvalue weighted by atomic mass is 35.5. The van der Waals surface area contributed by atoms with Crippen LogP contribution in [0, 0.1) is 0 Å². The Kier molecular flexibility index (Phi) is 9.87. The minimum atomic E-state index is -0.460. The van der Waals surface area contributed by atoms with Gasteiger partial charge in [0.15, 0.2) is 0 Å². The van der Waals surface area contributed by atoms with Crippen LogP contribution in [0.25, 0.3) is 0 Å². The minimum Gasteiger partial charge on any atom is -0.392 e. The van der Waals surface area contributed by atoms with Crippen molar-refractivity contribution in [3.63, 3.8) is 0 Å². The summed E-state index contributed by atoms with van der Waals surface area (Å²) in [4.78, 5) is 28.4. The maximum Gasteiger partial charge on any atom is 0.237 e. The van der Waals surface area contributed by atoms with Crippen LogP contribution in [-0.4, -0.2) is 73.2 Å². The van der Waals surface area contributed by atoms with Gasteiger partial charge in [0.1, 0.15) is 0 Å². The van der Waals surface area contributed by atoms with Crippen molar-refractivity contribution in [2.45, 2.75) is 25.0 Å². The number of rotatable bonds is 5. The lowest BCUT2D eigenvalue weighted by molar-refractivity contribution is -0.131. The van der Waals surface area contributed by atoms with Gasteiger partial charge in [-0.15, -0.1) is 24.8 Å². The molecule has 3 rings (SSSR count). The van der Waals surface area contributed by atoms with E-state index in [0.717, 1.165) is 13.1 Å². The Bertz CT molecular complexity index is 598. The molecule has 0 aliphatic carbocycles. The smallest absolute Gasteiger partial charge is 0.237 e. The molecule has 7 nitrogen and oxygen atoms in total. The fraction of sp³-hybridized carbons (Fsp3) is 0.556. The van der Waals surface area contributed by atoms with Crippen LogP contribution in [0.4, 0.5) is 5.69 Å². The van der Waals surface area contributed by atoms with E-state index >= 15 is 0 Å². The Hall–Kier alpha value is -1.54. The number of nitrogens with one attached hydrogen (secondary N) is 2. The number of benzene rings is 1. The normalized spacial score (nSPS) is 21.8. The molecule has 0 saturated carbocycles. The number of carbonyl (C=O) groups is 2. The number of β-amino-alcohol motifs (C(OH)–C–C–N with tert-alkyl or cyclic N) is 1. The van der Waals surface area contributed by atoms with Crippen molar-refractivity contribution >= 4 is 42.3 Å². The summed E-state index contributed by atoms with van der Waals surface area (Å²) in [5.74, 6) is -0.0642. The number of hydrogen-bond acceptors (Lipinski definition) is 5. The zero-order valence-electron chi connectivity index (χ0n) is 15.2. The van der Waals surface area contributed by atoms with Crippen LogP contribution in [0.15, 0.2) is 30.3 Å². The molecule has 0 bridgehead atoms. The highest BCUT2D eigenvalue weighted by molar-refractivity contribution is 5.85. The van der Waals surface area contributed by atoms with Gasteiger partial charge in [-0.25, -0.2) is 0 Å². The molecule has 0 aromatic heterocycles. The summed E-state index contributed by atoms with van der Waals surface area (Å²) in [5, 5.41) is 15.2. The zero-order valence-corrected chi connectivity index (χ0v) is 16.8. The van der Waals surface area contributed by atoms with Crippen LogP contribution in [0.2, 0.25) is 0 Å². The third-order valence-corrected chi connectivity index (χ3v) is 4.82. The second-order valence-electron chi connectivity index (χ2n) is 6.59. The summed E-state index contributed by atoms with van der Waals surface area (Å²) in [7, 11) is 0. The van der Waals surface area contributed by atoms with Crippen molar-refractivity contribution in [1.29, 1.82) is 0 Å². The largest absolute Gasteiger partial charge is 0.392 e. The summed E-state index contributed by atoms with van der Waals surface area (Å²) in [5.41, 5.74) is 1.19. The first-order valence-electron chi connectivity index (χ1n) is 8.90. The van der Waals surface area contributed by atoms with Crippen LogP contribution in [-0.2, 0) is 9.59 Å². The van der Waals surface area contributed by atoms with Gasteiger partial charge in [-0.3, -0.25) is 9.59 Å². The first-order valence-corrected chi connectivity index (χ1v) is 8.90. The Morgan fingerprint density at radius 2 is 1.78 bits per heavy atom. The number of para-hydroxylation sites is 1. The topological polar surface area (TPSA) is 84.9 Å². The van der Waals surface area contributed by atoms with Gasteiger partial charge in [0.2, 0.25) is 11.8 Å². The molecule has 2 saturated heterocycles. The van der Waals surface area contributed by atoms with E-state index < -0.39 is 6.10 Å². The van der Waals surface area contributed by atoms with E-state index in [1.807, 2.05) is 23.1 Å². The van der Waals surface area contributed by atoms with Crippen molar-refractivity contribution in [1.82, 2.24) is 15.5 Å². The van der Waals surface area contributed by atoms with Crippen molar-refractivity contribution in [3.8, 4) is 0 Å². The van der Waals surface area contributed by atoms with Crippen LogP contribution in [0.1, 0.15) is 12.8 Å². The predicted octanol–water partition coefficient (Wildman–Crippen LogP) is 0.408. The molecule has 2 aliphatic heterocycles. The van der Waals surface area contributed by atoms with Crippen molar-refractivity contribution < 1.29 is 14.7 Å². The molecule has 2 heterocycles. The lowest BCUT2D eigenvalue weighted by Crippen LogP contribution is -2.49. The Balaban J connectivity index is 0.00000182. The van der Waals surface area contributed by atoms with Crippen molar-refractivity contribution in [2.75, 3.05) is 44.2 Å². The van der Waals surface area contributed by atoms with E-state index in [4.69, 9.17) is 0 Å². The average molecular weight is 419 g/mol. The van der Waals surface area contributed by atoms with Crippen molar-refractivity contribution in [2.24, 2.45) is 0 Å². The fourth-order valence-electron chi connectivity index (χ4n) is 3.34. The number of nitrogens with zero attached hydrogens (tertiary/aromatic N) is 2. The number of halogens is 2. The first-order chi connectivity index (χ1) is 12.1. The monoisotopic (exact) mass is 418 g/mol. The molecule has 0 radical (unpaired) electrons. The number of hydrogen-bond donors (Lipinski definition) is 3. The lowest BCUT2D eigenvalue weighted by atomic mass is 10.2. The Morgan fingerprint density at radius 3 is 2.37 bits per heavy atom. The van der Waals surface area contributed by atoms with Crippen LogP contribution < -0.4 is 15.5 Å². The molecular weight excluding hydrogens is 391 g/mol. The van der Waals surface area contributed by atoms with Gasteiger partial charge < -0.3 is 25.5 Å². The van der Waals surface area contributed by atoms with E-state index in [9.17, 15) is 14.7 Å². The Morgan fingerprint density at radius 1 is 1.11 bits per heavy atom. The van der Waals surface area contributed by atoms with Gasteiger partial charge in [0, 0.05) is 51.4 Å². The maximum atomic E-state index is 12.3. The van der Waals surface area contributed by atoms with Crippen LogP contribution in [0.5, 0.6) is 0 Å². The summed E-state index contributed by atoms with van der Waals surface area (Å²) in [6.45, 7) is 3.85. The number of aliphatic hydroxyl groups is 1. The predicted molar refractivity (Wildman–Crippen MR) is 110 cm³/mol. The highest BCUT2D eigenvalue weighted by Crippen LogP contribution is 2.15. The summed E-state index contributed by atoms with van der Waals surface area (Å²) < 4.78 is 0. The number of carbonyl (C=O) groups excluding carboxylic acids is 2. The van der Waals surface area contributed by atoms with E-state index in [1.165, 1.54) is 5.69 Å². The van der Waals surface area contributed by atoms with Gasteiger partial charge in [-0.1, -0.05) is 18.2 Å². The van der Waals surface area contributed by atoms with Gasteiger partial charge in [-0.05, 0) is 18.6 Å². The minimum absolute atomic E-state index is 0. The molecule has 3 N–H and O–H groups in total. The molecule has 1 aromatic rings. The molecule has 2 amide bonds. The molecule has 1 aromatic carbocycles. The zero-order chi connectivity index (χ0) is 17.6. The number of aliphatic hydroxyl groups excluding tert-OH is 1. The Labute approximate surface area is 172 Å². The summed E-state index contributed by atoms with van der Waals surface area (Å²) >= 11 is 0. The van der Waals surface area contributed by atoms with Crippen LogP contribution in [0.3, 0.4) is 0 Å². The fourth-order valence-corrected chi connectivity index (χ4v) is 3.34. The highest BCUT2D eigenvalue weighted by Gasteiger charge is 2.28. The van der Waals surface area contributed by atoms with Crippen LogP contribution >= 0.6 is 24.8 Å². The van der Waals surface area contributed by atoms with Gasteiger partial charge in [0.25, 0.3) is 0 Å². The number of amides is 2. The van der Waals surface area contributed by atoms with Gasteiger partial charge in [0.05, 0.1) is 12.1 Å². The quantitative estimate of drug-likeness (QED) is 0.644. The third kappa shape index (κ3) is 6.53. The maximum absolute atomic E-state index is 12.3. The molecule has 2 aliphatic rings. The van der Waals surface area contributed by atoms with Crippen molar-refractivity contribution in [3.05, 3.63) is 30.3 Å². The molecule has 2 unspecified atom stereocenters. The van der Waals surface area contributed by atoms with E-state index in [2.05, 4.69) is 27.7 Å². The molecule has 152 valence electrons. The molecule has 0 spiro atoms. The first kappa shape index (κ1) is 23.5. The molecule has 2 atom stereocenters. The average Bonchev–Trinajstić information content (AvgIpc) is 3.09. The van der Waals surface area contributed by atoms with Gasteiger partial charge in [-0.2, -0.15) is 0 Å². The molecule has 27 heavy (non-hydrogen) atoms. The van der Waals surface area contributed by atoms with Gasteiger partial charge >= 0.3 is 0 Å². The second-order valence-corrected chi connectivity index (χ2v) is 6.59.